The third kappa shape index (κ3) is 4.33. The average molecular weight is 376 g/mol. The Morgan fingerprint density at radius 2 is 1.14 bits per heavy atom. The number of hydrogen-bond donors (Lipinski definition) is 4. The summed E-state index contributed by atoms with van der Waals surface area (Å²) in [6.07, 6.45) is 0. The van der Waals surface area contributed by atoms with Crippen LogP contribution in [0, 0.1) is 0 Å². The smallest absolute Gasteiger partial charge is 0.146 e. The molecule has 8 N–H and O–H groups in total. The van der Waals surface area contributed by atoms with E-state index in [9.17, 15) is 0 Å². The van der Waals surface area contributed by atoms with E-state index in [1.54, 1.807) is 61.7 Å². The SMILES string of the molecule is COc1ccc(N=Nc2ccc(N)cc2N)cc1N=Nc1ccc(N)cc1N. The summed E-state index contributed by atoms with van der Waals surface area (Å²) in [7, 11) is 1.54. The number of methoxy groups -OCH3 is 1. The van der Waals surface area contributed by atoms with Crippen molar-refractivity contribution in [3.63, 3.8) is 0 Å². The van der Waals surface area contributed by atoms with Crippen molar-refractivity contribution in [2.45, 2.75) is 0 Å². The summed E-state index contributed by atoms with van der Waals surface area (Å²) < 4.78 is 5.32. The summed E-state index contributed by atoms with van der Waals surface area (Å²) >= 11 is 0. The maximum Gasteiger partial charge on any atom is 0.146 e. The first kappa shape index (κ1) is 18.6. The minimum atomic E-state index is 0.428. The Bertz CT molecular complexity index is 1060. The van der Waals surface area contributed by atoms with Crippen molar-refractivity contribution in [2.75, 3.05) is 30.0 Å². The Labute approximate surface area is 161 Å². The number of rotatable bonds is 5. The summed E-state index contributed by atoms with van der Waals surface area (Å²) in [5, 5.41) is 16.7. The Kier molecular flexibility index (Phi) is 5.35. The van der Waals surface area contributed by atoms with Gasteiger partial charge in [-0.05, 0) is 54.6 Å². The van der Waals surface area contributed by atoms with E-state index in [-0.39, 0.29) is 0 Å². The van der Waals surface area contributed by atoms with Gasteiger partial charge in [0.15, 0.2) is 0 Å². The lowest BCUT2D eigenvalue weighted by atomic mass is 10.2. The first-order valence-electron chi connectivity index (χ1n) is 8.28. The molecule has 0 radical (unpaired) electrons. The summed E-state index contributed by atoms with van der Waals surface area (Å²) in [6.45, 7) is 0. The molecule has 142 valence electrons. The van der Waals surface area contributed by atoms with Crippen molar-refractivity contribution in [3.05, 3.63) is 54.6 Å². The van der Waals surface area contributed by atoms with Crippen molar-refractivity contribution in [3.8, 4) is 5.75 Å². The van der Waals surface area contributed by atoms with Crippen LogP contribution in [0.3, 0.4) is 0 Å². The highest BCUT2D eigenvalue weighted by Gasteiger charge is 2.05. The van der Waals surface area contributed by atoms with E-state index in [0.717, 1.165) is 0 Å². The Morgan fingerprint density at radius 1 is 0.607 bits per heavy atom. The van der Waals surface area contributed by atoms with Crippen LogP contribution in [0.25, 0.3) is 0 Å². The van der Waals surface area contributed by atoms with E-state index in [0.29, 0.717) is 51.2 Å². The number of anilines is 4. The van der Waals surface area contributed by atoms with E-state index in [1.165, 1.54) is 0 Å². The highest BCUT2D eigenvalue weighted by molar-refractivity contribution is 5.69. The Balaban J connectivity index is 1.89. The fourth-order valence-electron chi connectivity index (χ4n) is 2.37. The second kappa shape index (κ2) is 8.04. The molecule has 0 amide bonds. The number of benzene rings is 3. The van der Waals surface area contributed by atoms with E-state index >= 15 is 0 Å². The van der Waals surface area contributed by atoms with Gasteiger partial charge in [-0.15, -0.1) is 15.3 Å². The van der Waals surface area contributed by atoms with Gasteiger partial charge in [0.25, 0.3) is 0 Å². The van der Waals surface area contributed by atoms with Gasteiger partial charge in [0.05, 0.1) is 24.2 Å². The fourth-order valence-corrected chi connectivity index (χ4v) is 2.37. The molecule has 0 spiro atoms. The van der Waals surface area contributed by atoms with Gasteiger partial charge >= 0.3 is 0 Å². The highest BCUT2D eigenvalue weighted by atomic mass is 16.5. The zero-order valence-corrected chi connectivity index (χ0v) is 15.2. The minimum absolute atomic E-state index is 0.428. The molecule has 0 aliphatic heterocycles. The predicted octanol–water partition coefficient (Wildman–Crippen LogP) is 4.85. The van der Waals surface area contributed by atoms with Crippen LogP contribution in [0.4, 0.5) is 45.5 Å². The molecule has 0 heterocycles. The van der Waals surface area contributed by atoms with Crippen LogP contribution in [0.15, 0.2) is 75.1 Å². The number of ether oxygens (including phenoxy) is 1. The minimum Gasteiger partial charge on any atom is -0.494 e. The third-order valence-corrected chi connectivity index (χ3v) is 3.80. The molecule has 0 atom stereocenters. The third-order valence-electron chi connectivity index (χ3n) is 3.80. The van der Waals surface area contributed by atoms with Crippen molar-refractivity contribution in [2.24, 2.45) is 20.5 Å². The quantitative estimate of drug-likeness (QED) is 0.368. The average Bonchev–Trinajstić information content (AvgIpc) is 2.66. The lowest BCUT2D eigenvalue weighted by Crippen LogP contribution is -1.89. The second-order valence-corrected chi connectivity index (χ2v) is 5.89. The molecule has 0 bridgehead atoms. The summed E-state index contributed by atoms with van der Waals surface area (Å²) in [5.74, 6) is 0.531. The predicted molar refractivity (Wildman–Crippen MR) is 112 cm³/mol. The van der Waals surface area contributed by atoms with E-state index in [4.69, 9.17) is 27.7 Å². The van der Waals surface area contributed by atoms with Gasteiger partial charge in [-0.2, -0.15) is 5.11 Å². The van der Waals surface area contributed by atoms with Crippen LogP contribution in [0.2, 0.25) is 0 Å². The maximum atomic E-state index is 5.90. The van der Waals surface area contributed by atoms with Crippen LogP contribution < -0.4 is 27.7 Å². The molecule has 3 aromatic rings. The van der Waals surface area contributed by atoms with Gasteiger partial charge in [0.1, 0.15) is 22.8 Å². The molecule has 0 aliphatic carbocycles. The molecule has 0 unspecified atom stereocenters. The molecule has 0 aromatic heterocycles. The van der Waals surface area contributed by atoms with E-state index in [2.05, 4.69) is 20.5 Å². The van der Waals surface area contributed by atoms with Crippen molar-refractivity contribution in [1.29, 1.82) is 0 Å². The molecule has 9 nitrogen and oxygen atoms in total. The summed E-state index contributed by atoms with van der Waals surface area (Å²) in [4.78, 5) is 0. The van der Waals surface area contributed by atoms with Gasteiger partial charge in [0, 0.05) is 11.4 Å². The monoisotopic (exact) mass is 376 g/mol. The van der Waals surface area contributed by atoms with Crippen molar-refractivity contribution in [1.82, 2.24) is 0 Å². The highest BCUT2D eigenvalue weighted by Crippen LogP contribution is 2.35. The Hall–Kier alpha value is -4.14. The van der Waals surface area contributed by atoms with Gasteiger partial charge in [-0.3, -0.25) is 0 Å². The Morgan fingerprint density at radius 3 is 1.68 bits per heavy atom. The number of nitrogen functional groups attached to an aromatic ring is 4. The number of hydrogen-bond acceptors (Lipinski definition) is 9. The van der Waals surface area contributed by atoms with Crippen LogP contribution in [0.1, 0.15) is 0 Å². The van der Waals surface area contributed by atoms with Crippen LogP contribution >= 0.6 is 0 Å². The van der Waals surface area contributed by atoms with Crippen molar-refractivity contribution < 1.29 is 4.74 Å². The zero-order chi connectivity index (χ0) is 20.1. The molecule has 3 rings (SSSR count). The van der Waals surface area contributed by atoms with Crippen LogP contribution in [-0.4, -0.2) is 7.11 Å². The fraction of sp³-hybridized carbons (Fsp3) is 0.0526. The van der Waals surface area contributed by atoms with Gasteiger partial charge in [-0.1, -0.05) is 0 Å². The molecule has 0 aliphatic rings. The molecular formula is C19H20N8O. The molecule has 0 fully saturated rings. The summed E-state index contributed by atoms with van der Waals surface area (Å²) in [5.41, 5.74) is 27.2. The number of nitrogens with zero attached hydrogens (tertiary/aromatic N) is 4. The van der Waals surface area contributed by atoms with Crippen LogP contribution in [0.5, 0.6) is 5.75 Å². The maximum absolute atomic E-state index is 5.90. The second-order valence-electron chi connectivity index (χ2n) is 5.89. The molecule has 0 saturated carbocycles. The summed E-state index contributed by atoms with van der Waals surface area (Å²) in [6, 6.07) is 15.2. The topological polar surface area (TPSA) is 163 Å². The number of azo groups is 2. The molecule has 3 aromatic carbocycles. The van der Waals surface area contributed by atoms with E-state index in [1.807, 2.05) is 0 Å². The van der Waals surface area contributed by atoms with E-state index < -0.39 is 0 Å². The number of nitrogens with two attached hydrogens (primary N) is 4. The van der Waals surface area contributed by atoms with Crippen LogP contribution in [-0.2, 0) is 0 Å². The normalized spacial score (nSPS) is 11.3. The van der Waals surface area contributed by atoms with Gasteiger partial charge in [0.2, 0.25) is 0 Å². The van der Waals surface area contributed by atoms with Gasteiger partial charge in [-0.25, -0.2) is 0 Å². The zero-order valence-electron chi connectivity index (χ0n) is 15.2. The first-order valence-corrected chi connectivity index (χ1v) is 8.28. The molecule has 9 heteroatoms. The molecular weight excluding hydrogens is 356 g/mol. The molecule has 0 saturated heterocycles. The molecule has 28 heavy (non-hydrogen) atoms. The van der Waals surface area contributed by atoms with Crippen molar-refractivity contribution >= 4 is 45.5 Å². The lowest BCUT2D eigenvalue weighted by Gasteiger charge is -2.05. The first-order chi connectivity index (χ1) is 13.5. The lowest BCUT2D eigenvalue weighted by molar-refractivity contribution is 0.416. The standard InChI is InChI=1S/C19H20N8O/c1-28-19-7-4-13(24-25-16-5-2-11(20)8-14(16)22)10-18(19)27-26-17-6-3-12(21)9-15(17)23/h2-10H,20-23H2,1H3. The largest absolute Gasteiger partial charge is 0.494 e. The van der Waals surface area contributed by atoms with Gasteiger partial charge < -0.3 is 27.7 Å².